The van der Waals surface area contributed by atoms with Crippen LogP contribution in [-0.4, -0.2) is 16.8 Å². The van der Waals surface area contributed by atoms with Crippen molar-refractivity contribution in [2.24, 2.45) is 5.10 Å². The van der Waals surface area contributed by atoms with Gasteiger partial charge < -0.3 is 0 Å². The highest BCUT2D eigenvalue weighted by Gasteiger charge is 2.08. The fourth-order valence-corrected chi connectivity index (χ4v) is 1.79. The maximum absolute atomic E-state index is 11.1. The maximum atomic E-state index is 11.1. The minimum Gasteiger partial charge on any atom is -0.290 e. The lowest BCUT2D eigenvalue weighted by Gasteiger charge is -2.07. The summed E-state index contributed by atoms with van der Waals surface area (Å²) >= 11 is 22.7. The van der Waals surface area contributed by atoms with Gasteiger partial charge in [-0.3, -0.25) is 10.2 Å². The normalized spacial score (nSPS) is 11.5. The van der Waals surface area contributed by atoms with Crippen molar-refractivity contribution < 1.29 is 4.79 Å². The quantitative estimate of drug-likeness (QED) is 0.517. The summed E-state index contributed by atoms with van der Waals surface area (Å²) in [7, 11) is 0. The molecule has 92 valence electrons. The first kappa shape index (κ1) is 14.6. The fraction of sp³-hybridized carbons (Fsp3) is 0.200. The zero-order valence-corrected chi connectivity index (χ0v) is 11.8. The van der Waals surface area contributed by atoms with Crippen LogP contribution in [0.4, 0.5) is 5.69 Å². The number of rotatable bonds is 4. The highest BCUT2D eigenvalue weighted by Crippen LogP contribution is 2.28. The Morgan fingerprint density at radius 1 is 1.41 bits per heavy atom. The van der Waals surface area contributed by atoms with Crippen LogP contribution in [-0.2, 0) is 4.79 Å². The molecule has 0 radical (unpaired) electrons. The number of benzene rings is 1. The van der Waals surface area contributed by atoms with Crippen LogP contribution in [0.15, 0.2) is 17.2 Å². The fourth-order valence-electron chi connectivity index (χ4n) is 0.989. The molecule has 0 saturated heterocycles. The van der Waals surface area contributed by atoms with Gasteiger partial charge in [-0.2, -0.15) is 5.10 Å². The van der Waals surface area contributed by atoms with Gasteiger partial charge in [-0.25, -0.2) is 0 Å². The summed E-state index contributed by atoms with van der Waals surface area (Å²) in [6, 6.07) is 3.24. The maximum Gasteiger partial charge on any atom is 0.209 e. The van der Waals surface area contributed by atoms with Gasteiger partial charge in [-0.1, -0.05) is 34.8 Å². The Balaban J connectivity index is 2.93. The standard InChI is InChI=1S/C10H8Cl4N2O/c1-5-7(13)2-6(12)3-8(5)15-16-10(14)9(17)4-11/h2-3,15H,4H2,1H3. The molecule has 0 unspecified atom stereocenters. The highest BCUT2D eigenvalue weighted by atomic mass is 35.5. The first-order valence-electron chi connectivity index (χ1n) is 4.49. The molecule has 0 heterocycles. The molecular formula is C10H8Cl4N2O. The monoisotopic (exact) mass is 312 g/mol. The molecule has 0 aliphatic rings. The second kappa shape index (κ2) is 6.45. The van der Waals surface area contributed by atoms with Gasteiger partial charge in [0.2, 0.25) is 5.78 Å². The van der Waals surface area contributed by atoms with Crippen LogP contribution in [0.3, 0.4) is 0 Å². The van der Waals surface area contributed by atoms with Gasteiger partial charge in [0, 0.05) is 10.0 Å². The van der Waals surface area contributed by atoms with Gasteiger partial charge >= 0.3 is 0 Å². The molecule has 1 rings (SSSR count). The van der Waals surface area contributed by atoms with E-state index in [9.17, 15) is 4.79 Å². The van der Waals surface area contributed by atoms with E-state index in [4.69, 9.17) is 46.4 Å². The molecule has 0 atom stereocenters. The van der Waals surface area contributed by atoms with Crippen molar-refractivity contribution in [3.8, 4) is 0 Å². The average molecular weight is 314 g/mol. The average Bonchev–Trinajstić information content (AvgIpc) is 2.30. The molecule has 0 aliphatic heterocycles. The molecule has 17 heavy (non-hydrogen) atoms. The van der Waals surface area contributed by atoms with Crippen LogP contribution < -0.4 is 5.43 Å². The lowest BCUT2D eigenvalue weighted by atomic mass is 10.2. The van der Waals surface area contributed by atoms with Gasteiger partial charge in [0.1, 0.15) is 0 Å². The van der Waals surface area contributed by atoms with Crippen molar-refractivity contribution >= 4 is 63.0 Å². The topological polar surface area (TPSA) is 41.5 Å². The Morgan fingerprint density at radius 3 is 2.65 bits per heavy atom. The van der Waals surface area contributed by atoms with Crippen LogP contribution in [0.2, 0.25) is 10.0 Å². The number of ketones is 1. The van der Waals surface area contributed by atoms with Gasteiger partial charge in [0.15, 0.2) is 5.17 Å². The molecule has 0 saturated carbocycles. The lowest BCUT2D eigenvalue weighted by molar-refractivity contribution is -0.110. The summed E-state index contributed by atoms with van der Waals surface area (Å²) in [5.41, 5.74) is 3.94. The summed E-state index contributed by atoms with van der Waals surface area (Å²) in [4.78, 5) is 11.1. The van der Waals surface area contributed by atoms with Crippen LogP contribution in [0.25, 0.3) is 0 Å². The molecule has 0 spiro atoms. The van der Waals surface area contributed by atoms with E-state index in [0.29, 0.717) is 15.7 Å². The van der Waals surface area contributed by atoms with Crippen molar-refractivity contribution in [3.05, 3.63) is 27.7 Å². The molecule has 7 heteroatoms. The number of carbonyl (C=O) groups is 1. The van der Waals surface area contributed by atoms with Crippen molar-refractivity contribution in [2.45, 2.75) is 6.92 Å². The van der Waals surface area contributed by atoms with Gasteiger partial charge in [0.05, 0.1) is 11.6 Å². The van der Waals surface area contributed by atoms with E-state index >= 15 is 0 Å². The smallest absolute Gasteiger partial charge is 0.209 e. The minimum absolute atomic E-state index is 0.223. The summed E-state index contributed by atoms with van der Waals surface area (Å²) in [5.74, 6) is -0.689. The molecule has 0 aliphatic carbocycles. The highest BCUT2D eigenvalue weighted by molar-refractivity contribution is 6.84. The van der Waals surface area contributed by atoms with Crippen LogP contribution in [0.1, 0.15) is 5.56 Å². The third-order valence-electron chi connectivity index (χ3n) is 1.94. The van der Waals surface area contributed by atoms with E-state index < -0.39 is 5.78 Å². The van der Waals surface area contributed by atoms with E-state index in [1.54, 1.807) is 19.1 Å². The van der Waals surface area contributed by atoms with Gasteiger partial charge in [-0.05, 0) is 24.6 Å². The Hall–Kier alpha value is -0.480. The predicted octanol–water partition coefficient (Wildman–Crippen LogP) is 4.07. The van der Waals surface area contributed by atoms with Crippen molar-refractivity contribution in [3.63, 3.8) is 0 Å². The van der Waals surface area contributed by atoms with Crippen molar-refractivity contribution in [1.82, 2.24) is 0 Å². The minimum atomic E-state index is -0.466. The Labute approximate surface area is 119 Å². The number of Topliss-reactive ketones (excluding diaryl/α,β-unsaturated/α-hetero) is 1. The van der Waals surface area contributed by atoms with E-state index in [1.807, 2.05) is 0 Å². The molecule has 0 amide bonds. The number of alkyl halides is 1. The van der Waals surface area contributed by atoms with Crippen molar-refractivity contribution in [1.29, 1.82) is 0 Å². The van der Waals surface area contributed by atoms with E-state index in [0.717, 1.165) is 5.56 Å². The SMILES string of the molecule is Cc1c(Cl)cc(Cl)cc1NN=C(Cl)C(=O)CCl. The second-order valence-corrected chi connectivity index (χ2v) is 4.60. The zero-order valence-electron chi connectivity index (χ0n) is 8.73. The molecule has 1 aromatic carbocycles. The largest absolute Gasteiger partial charge is 0.290 e. The third kappa shape index (κ3) is 4.03. The lowest BCUT2D eigenvalue weighted by Crippen LogP contribution is -2.11. The van der Waals surface area contributed by atoms with Gasteiger partial charge in [0.25, 0.3) is 0 Å². The van der Waals surface area contributed by atoms with E-state index in [1.165, 1.54) is 0 Å². The number of hydrogen-bond donors (Lipinski definition) is 1. The number of anilines is 1. The molecule has 1 N–H and O–H groups in total. The Kier molecular flexibility index (Phi) is 5.53. The Morgan fingerprint density at radius 2 is 2.06 bits per heavy atom. The third-order valence-corrected chi connectivity index (χ3v) is 3.08. The van der Waals surface area contributed by atoms with Gasteiger partial charge in [-0.15, -0.1) is 11.6 Å². The number of nitrogens with one attached hydrogen (secondary N) is 1. The molecule has 0 bridgehead atoms. The first-order valence-corrected chi connectivity index (χ1v) is 6.16. The number of hydrogen-bond acceptors (Lipinski definition) is 3. The molecular weight excluding hydrogens is 306 g/mol. The second-order valence-electron chi connectivity index (χ2n) is 3.13. The molecule has 0 fully saturated rings. The number of carbonyl (C=O) groups excluding carboxylic acids is 1. The predicted molar refractivity (Wildman–Crippen MR) is 73.8 cm³/mol. The summed E-state index contributed by atoms with van der Waals surface area (Å²) < 4.78 is 0. The van der Waals surface area contributed by atoms with E-state index in [2.05, 4.69) is 10.5 Å². The Bertz CT molecular complexity index is 474. The summed E-state index contributed by atoms with van der Waals surface area (Å²) in [6.07, 6.45) is 0. The molecule has 3 nitrogen and oxygen atoms in total. The van der Waals surface area contributed by atoms with Crippen LogP contribution >= 0.6 is 46.4 Å². The summed E-state index contributed by atoms with van der Waals surface area (Å²) in [5, 5.41) is 4.41. The summed E-state index contributed by atoms with van der Waals surface area (Å²) in [6.45, 7) is 1.79. The zero-order chi connectivity index (χ0) is 13.0. The molecule has 1 aromatic rings. The van der Waals surface area contributed by atoms with E-state index in [-0.39, 0.29) is 11.1 Å². The van der Waals surface area contributed by atoms with Crippen molar-refractivity contribution in [2.75, 3.05) is 11.3 Å². The molecule has 0 aromatic heterocycles. The van der Waals surface area contributed by atoms with Crippen LogP contribution in [0.5, 0.6) is 0 Å². The number of nitrogens with zero attached hydrogens (tertiary/aromatic N) is 1. The number of hydrazone groups is 1. The first-order chi connectivity index (χ1) is 7.95. The number of halogens is 4. The van der Waals surface area contributed by atoms with Crippen LogP contribution in [0, 0.1) is 6.92 Å².